The number of aromatic hydroxyl groups is 2. The van der Waals surface area contributed by atoms with Crippen LogP contribution in [0.3, 0.4) is 0 Å². The molecule has 0 heterocycles. The third-order valence-electron chi connectivity index (χ3n) is 4.61. The molecule has 24 heavy (non-hydrogen) atoms. The van der Waals surface area contributed by atoms with E-state index in [1.165, 1.54) is 0 Å². The summed E-state index contributed by atoms with van der Waals surface area (Å²) >= 11 is 0. The van der Waals surface area contributed by atoms with Crippen molar-refractivity contribution in [3.8, 4) is 11.5 Å². The van der Waals surface area contributed by atoms with E-state index >= 15 is 0 Å². The van der Waals surface area contributed by atoms with E-state index in [0.29, 0.717) is 11.5 Å². The zero-order valence-electron chi connectivity index (χ0n) is 12.6. The fraction of sp³-hybridized carbons (Fsp3) is 0. The average Bonchev–Trinajstić information content (AvgIpc) is 3.01. The molecule has 2 nitrogen and oxygen atoms in total. The van der Waals surface area contributed by atoms with Crippen molar-refractivity contribution in [1.29, 1.82) is 0 Å². The molecule has 0 saturated carbocycles. The Hall–Kier alpha value is -1.83. The standard InChI is InChI=1S/C20H12O2.2V/c21-19-13-7-3-1-5-11(13)15-9-18-16(10-17(15)19)12-6-2-4-8-14(12)20(18)22;;/h1-10,21-22H;;/q-2;;. The minimum Gasteiger partial charge on any atom is -0.543 e. The van der Waals surface area contributed by atoms with Crippen molar-refractivity contribution >= 4 is 43.1 Å². The fourth-order valence-electron chi connectivity index (χ4n) is 3.58. The normalized spacial score (nSPS) is 11.0. The second kappa shape index (κ2) is 5.91. The molecule has 5 aromatic carbocycles. The molecule has 0 unspecified atom stereocenters. The van der Waals surface area contributed by atoms with Gasteiger partial charge >= 0.3 is 0 Å². The molecular formula is C20H12O2V2-2. The largest absolute Gasteiger partial charge is 0.543 e. The van der Waals surface area contributed by atoms with Crippen molar-refractivity contribution in [2.75, 3.05) is 0 Å². The smallest absolute Gasteiger partial charge is 0.0474 e. The molecule has 5 aromatic rings. The van der Waals surface area contributed by atoms with E-state index in [2.05, 4.69) is 0 Å². The van der Waals surface area contributed by atoms with Gasteiger partial charge < -0.3 is 10.2 Å². The van der Waals surface area contributed by atoms with E-state index in [0.717, 1.165) is 43.1 Å². The van der Waals surface area contributed by atoms with Gasteiger partial charge in [0.2, 0.25) is 0 Å². The molecule has 0 aliphatic carbocycles. The van der Waals surface area contributed by atoms with E-state index < -0.39 is 0 Å². The number of hydrogen-bond acceptors (Lipinski definition) is 2. The first-order valence-corrected chi connectivity index (χ1v) is 7.26. The summed E-state index contributed by atoms with van der Waals surface area (Å²) in [5.74, 6) is 0.634. The van der Waals surface area contributed by atoms with Crippen LogP contribution in [-0.4, -0.2) is 10.2 Å². The van der Waals surface area contributed by atoms with Crippen LogP contribution in [0.4, 0.5) is 0 Å². The Morgan fingerprint density at radius 1 is 0.500 bits per heavy atom. The maximum absolute atomic E-state index is 10.5. The molecule has 0 fully saturated rings. The van der Waals surface area contributed by atoms with Crippen LogP contribution in [-0.2, 0) is 37.1 Å². The third-order valence-corrected chi connectivity index (χ3v) is 4.61. The molecule has 0 amide bonds. The van der Waals surface area contributed by atoms with Crippen molar-refractivity contribution in [3.63, 3.8) is 0 Å². The summed E-state index contributed by atoms with van der Waals surface area (Å²) in [5.41, 5.74) is 0. The summed E-state index contributed by atoms with van der Waals surface area (Å²) < 4.78 is 0. The second-order valence-electron chi connectivity index (χ2n) is 5.73. The van der Waals surface area contributed by atoms with Crippen LogP contribution >= 0.6 is 0 Å². The Kier molecular flexibility index (Phi) is 4.19. The minimum atomic E-state index is 0. The summed E-state index contributed by atoms with van der Waals surface area (Å²) in [4.78, 5) is 0. The van der Waals surface area contributed by atoms with Gasteiger partial charge in [-0.2, -0.15) is 0 Å². The van der Waals surface area contributed by atoms with Crippen molar-refractivity contribution in [2.24, 2.45) is 0 Å². The Morgan fingerprint density at radius 2 is 0.875 bits per heavy atom. The predicted octanol–water partition coefficient (Wildman–Crippen LogP) is 5.14. The minimum absolute atomic E-state index is 0. The van der Waals surface area contributed by atoms with Gasteiger partial charge in [-0.3, -0.25) is 0 Å². The van der Waals surface area contributed by atoms with E-state index in [9.17, 15) is 10.2 Å². The Bertz CT molecular complexity index is 1100. The monoisotopic (exact) mass is 386 g/mol. The van der Waals surface area contributed by atoms with Gasteiger partial charge in [-0.15, -0.1) is 45.8 Å². The van der Waals surface area contributed by atoms with Gasteiger partial charge in [-0.25, -0.2) is 0 Å². The first-order chi connectivity index (χ1) is 10.8. The maximum Gasteiger partial charge on any atom is 0.0474 e. The fourth-order valence-corrected chi connectivity index (χ4v) is 3.58. The van der Waals surface area contributed by atoms with Crippen LogP contribution in [0.5, 0.6) is 11.5 Å². The molecule has 2 N–H and O–H groups in total. The zero-order chi connectivity index (χ0) is 14.8. The second-order valence-corrected chi connectivity index (χ2v) is 5.73. The van der Waals surface area contributed by atoms with Gasteiger partial charge in [0.1, 0.15) is 0 Å². The zero-order valence-corrected chi connectivity index (χ0v) is 15.4. The molecule has 0 aliphatic rings. The SMILES string of the molecule is O[c-]1c2ccccc2c2cc3c(cc21)c1ccccc1[c-]3O.[V].[V]. The van der Waals surface area contributed by atoms with Crippen LogP contribution < -0.4 is 0 Å². The molecule has 116 valence electrons. The van der Waals surface area contributed by atoms with Crippen LogP contribution in [0.1, 0.15) is 0 Å². The molecule has 4 heteroatoms. The number of rotatable bonds is 0. The Morgan fingerprint density at radius 3 is 1.29 bits per heavy atom. The van der Waals surface area contributed by atoms with Crippen LogP contribution in [0.25, 0.3) is 43.1 Å². The summed E-state index contributed by atoms with van der Waals surface area (Å²) in [7, 11) is 0. The third kappa shape index (κ3) is 2.05. The maximum atomic E-state index is 10.5. The summed E-state index contributed by atoms with van der Waals surface area (Å²) in [6.45, 7) is 0. The quantitative estimate of drug-likeness (QED) is 0.362. The van der Waals surface area contributed by atoms with Gasteiger partial charge in [-0.1, -0.05) is 57.9 Å². The van der Waals surface area contributed by atoms with Crippen molar-refractivity contribution in [1.82, 2.24) is 0 Å². The van der Waals surface area contributed by atoms with Gasteiger partial charge in [0, 0.05) is 48.6 Å². The van der Waals surface area contributed by atoms with E-state index in [-0.39, 0.29) is 37.1 Å². The summed E-state index contributed by atoms with van der Waals surface area (Å²) in [5, 5.41) is 28.4. The van der Waals surface area contributed by atoms with Crippen molar-refractivity contribution in [3.05, 3.63) is 60.7 Å². The molecule has 0 bridgehead atoms. The first-order valence-electron chi connectivity index (χ1n) is 7.26. The van der Waals surface area contributed by atoms with Crippen molar-refractivity contribution in [2.45, 2.75) is 0 Å². The average molecular weight is 386 g/mol. The number of hydrogen-bond donors (Lipinski definition) is 2. The summed E-state index contributed by atoms with van der Waals surface area (Å²) in [6, 6.07) is 19.6. The topological polar surface area (TPSA) is 40.5 Å². The molecule has 0 saturated heterocycles. The predicted molar refractivity (Wildman–Crippen MR) is 91.0 cm³/mol. The molecule has 0 spiro atoms. The Labute approximate surface area is 162 Å². The van der Waals surface area contributed by atoms with E-state index in [1.54, 1.807) is 0 Å². The van der Waals surface area contributed by atoms with E-state index in [4.69, 9.17) is 0 Å². The Balaban J connectivity index is 0.000000845. The van der Waals surface area contributed by atoms with E-state index in [1.807, 2.05) is 60.7 Å². The molecular weight excluding hydrogens is 374 g/mol. The molecule has 2 radical (unpaired) electrons. The molecule has 5 rings (SSSR count). The summed E-state index contributed by atoms with van der Waals surface area (Å²) in [6.07, 6.45) is 0. The molecule has 0 atom stereocenters. The van der Waals surface area contributed by atoms with Crippen molar-refractivity contribution < 1.29 is 47.3 Å². The molecule has 0 aromatic heterocycles. The first kappa shape index (κ1) is 17.0. The van der Waals surface area contributed by atoms with Gasteiger partial charge in [0.05, 0.1) is 0 Å². The van der Waals surface area contributed by atoms with Gasteiger partial charge in [-0.05, 0) is 0 Å². The number of fused-ring (bicyclic) bond motifs is 6. The van der Waals surface area contributed by atoms with Crippen LogP contribution in [0.2, 0.25) is 0 Å². The molecule has 0 aliphatic heterocycles. The van der Waals surface area contributed by atoms with Crippen LogP contribution in [0, 0.1) is 0 Å². The van der Waals surface area contributed by atoms with Crippen LogP contribution in [0.15, 0.2) is 60.7 Å². The van der Waals surface area contributed by atoms with Gasteiger partial charge in [0.15, 0.2) is 0 Å². The van der Waals surface area contributed by atoms with Gasteiger partial charge in [0.25, 0.3) is 0 Å². The number of benzene rings is 3.